The molecule has 8 heteroatoms. The Morgan fingerprint density at radius 1 is 1.27 bits per heavy atom. The van der Waals surface area contributed by atoms with Crippen molar-refractivity contribution < 1.29 is 14.7 Å². The molecule has 30 heavy (non-hydrogen) atoms. The summed E-state index contributed by atoms with van der Waals surface area (Å²) < 4.78 is 0. The van der Waals surface area contributed by atoms with Crippen LogP contribution in [0.3, 0.4) is 0 Å². The highest BCUT2D eigenvalue weighted by Crippen LogP contribution is 2.42. The van der Waals surface area contributed by atoms with E-state index in [9.17, 15) is 14.7 Å². The van der Waals surface area contributed by atoms with Crippen molar-refractivity contribution in [2.75, 3.05) is 16.8 Å². The van der Waals surface area contributed by atoms with Gasteiger partial charge < -0.3 is 20.6 Å². The van der Waals surface area contributed by atoms with Gasteiger partial charge in [0.1, 0.15) is 5.82 Å². The molecule has 1 aliphatic rings. The van der Waals surface area contributed by atoms with E-state index in [1.807, 2.05) is 6.92 Å². The number of aliphatic hydroxyl groups excluding tert-OH is 1. The van der Waals surface area contributed by atoms with Crippen LogP contribution in [0.2, 0.25) is 5.02 Å². The lowest BCUT2D eigenvalue weighted by atomic mass is 9.82. The lowest BCUT2D eigenvalue weighted by Crippen LogP contribution is -2.48. The number of rotatable bonds is 5. The summed E-state index contributed by atoms with van der Waals surface area (Å²) in [5, 5.41) is 16.1. The topological polar surface area (TPSA) is 94.6 Å². The lowest BCUT2D eigenvalue weighted by Gasteiger charge is -2.44. The third-order valence-corrected chi connectivity index (χ3v) is 5.73. The summed E-state index contributed by atoms with van der Waals surface area (Å²) >= 11 is 5.95. The van der Waals surface area contributed by atoms with E-state index < -0.39 is 6.10 Å². The van der Waals surface area contributed by atoms with Gasteiger partial charge in [0.25, 0.3) is 5.91 Å². The first-order valence-electron chi connectivity index (χ1n) is 9.97. The Hall–Kier alpha value is -2.64. The fourth-order valence-electron chi connectivity index (χ4n) is 3.81. The van der Waals surface area contributed by atoms with Gasteiger partial charge in [-0.25, -0.2) is 4.98 Å². The van der Waals surface area contributed by atoms with Crippen LogP contribution in [-0.2, 0) is 4.79 Å². The van der Waals surface area contributed by atoms with Gasteiger partial charge in [-0.15, -0.1) is 0 Å². The van der Waals surface area contributed by atoms with Gasteiger partial charge in [-0.3, -0.25) is 9.59 Å². The van der Waals surface area contributed by atoms with Crippen LogP contribution in [-0.4, -0.2) is 40.6 Å². The van der Waals surface area contributed by atoms with E-state index in [1.54, 1.807) is 55.3 Å². The molecule has 0 bridgehead atoms. The Morgan fingerprint density at radius 3 is 2.60 bits per heavy atom. The van der Waals surface area contributed by atoms with Gasteiger partial charge in [-0.05, 0) is 49.7 Å². The first kappa shape index (κ1) is 22.1. The zero-order valence-corrected chi connectivity index (χ0v) is 18.3. The number of pyridine rings is 1. The molecule has 1 aromatic heterocycles. The zero-order chi connectivity index (χ0) is 22.0. The van der Waals surface area contributed by atoms with E-state index in [0.29, 0.717) is 16.4 Å². The fraction of sp³-hybridized carbons (Fsp3) is 0.409. The molecule has 0 saturated carbocycles. The maximum Gasteiger partial charge on any atom is 0.251 e. The van der Waals surface area contributed by atoms with Gasteiger partial charge >= 0.3 is 0 Å². The molecule has 0 saturated heterocycles. The summed E-state index contributed by atoms with van der Waals surface area (Å²) in [6.07, 6.45) is 0.940. The molecule has 0 radical (unpaired) electrons. The minimum Gasteiger partial charge on any atom is -0.392 e. The monoisotopic (exact) mass is 430 g/mol. The second-order valence-electron chi connectivity index (χ2n) is 7.81. The van der Waals surface area contributed by atoms with Gasteiger partial charge in [0.05, 0.1) is 17.2 Å². The first-order valence-corrected chi connectivity index (χ1v) is 10.3. The molecule has 0 fully saturated rings. The molecule has 3 rings (SSSR count). The van der Waals surface area contributed by atoms with Gasteiger partial charge in [-0.1, -0.05) is 18.5 Å². The number of carbonyl (C=O) groups is 2. The SMILES string of the molecule is CC(=O)N1c2ccc(C(=O)NC[C@@H](C)O)cc2C(Nc2ccc(Cl)cn2)C(C)C1C. The summed E-state index contributed by atoms with van der Waals surface area (Å²) in [5.74, 6) is 0.386. The molecule has 0 spiro atoms. The van der Waals surface area contributed by atoms with Crippen LogP contribution in [0.1, 0.15) is 49.7 Å². The van der Waals surface area contributed by atoms with Crippen LogP contribution in [0.25, 0.3) is 0 Å². The maximum atomic E-state index is 12.5. The number of hydrogen-bond donors (Lipinski definition) is 3. The molecule has 2 heterocycles. The van der Waals surface area contributed by atoms with Crippen LogP contribution in [0.15, 0.2) is 36.5 Å². The number of nitrogens with zero attached hydrogens (tertiary/aromatic N) is 2. The lowest BCUT2D eigenvalue weighted by molar-refractivity contribution is -0.117. The van der Waals surface area contributed by atoms with E-state index in [1.165, 1.54) is 0 Å². The quantitative estimate of drug-likeness (QED) is 0.675. The molecule has 0 aliphatic carbocycles. The smallest absolute Gasteiger partial charge is 0.251 e. The number of halogens is 1. The molecule has 2 aromatic rings. The Bertz CT molecular complexity index is 932. The summed E-state index contributed by atoms with van der Waals surface area (Å²) in [5.41, 5.74) is 2.08. The average molecular weight is 431 g/mol. The molecule has 2 amide bonds. The Labute approximate surface area is 181 Å². The fourth-order valence-corrected chi connectivity index (χ4v) is 3.92. The number of carbonyl (C=O) groups excluding carboxylic acids is 2. The second-order valence-corrected chi connectivity index (χ2v) is 8.24. The highest BCUT2D eigenvalue weighted by molar-refractivity contribution is 6.30. The van der Waals surface area contributed by atoms with E-state index in [2.05, 4.69) is 22.5 Å². The van der Waals surface area contributed by atoms with Crippen molar-refractivity contribution in [3.05, 3.63) is 52.7 Å². The van der Waals surface area contributed by atoms with E-state index in [-0.39, 0.29) is 36.4 Å². The van der Waals surface area contributed by atoms with Crippen molar-refractivity contribution in [2.45, 2.75) is 45.9 Å². The van der Waals surface area contributed by atoms with Gasteiger partial charge in [-0.2, -0.15) is 0 Å². The van der Waals surface area contributed by atoms with E-state index in [4.69, 9.17) is 11.6 Å². The Morgan fingerprint density at radius 2 is 2.00 bits per heavy atom. The number of aliphatic hydroxyl groups is 1. The number of benzene rings is 1. The number of amides is 2. The molecule has 7 nitrogen and oxygen atoms in total. The van der Waals surface area contributed by atoms with Crippen LogP contribution in [0.4, 0.5) is 11.5 Å². The molecule has 3 N–H and O–H groups in total. The van der Waals surface area contributed by atoms with Crippen molar-refractivity contribution in [1.29, 1.82) is 0 Å². The van der Waals surface area contributed by atoms with E-state index in [0.717, 1.165) is 11.3 Å². The molecule has 4 atom stereocenters. The standard InChI is InChI=1S/C22H27ClN4O3/c1-12(28)10-25-22(30)16-5-7-19-18(9-16)21(13(2)14(3)27(19)15(4)29)26-20-8-6-17(23)11-24-20/h5-9,11-14,21,28H,10H2,1-4H3,(H,24,26)(H,25,30)/t12-,13?,14?,21?/m1/s1. The highest BCUT2D eigenvalue weighted by atomic mass is 35.5. The third kappa shape index (κ3) is 4.57. The normalized spacial score (nSPS) is 21.5. The molecule has 160 valence electrons. The number of aromatic nitrogens is 1. The first-order chi connectivity index (χ1) is 14.2. The molecule has 1 aliphatic heterocycles. The van der Waals surface area contributed by atoms with Gasteiger partial charge in [0.15, 0.2) is 0 Å². The van der Waals surface area contributed by atoms with Crippen LogP contribution < -0.4 is 15.5 Å². The molecular weight excluding hydrogens is 404 g/mol. The maximum absolute atomic E-state index is 12.5. The van der Waals surface area contributed by atoms with E-state index >= 15 is 0 Å². The molecule has 1 aromatic carbocycles. The van der Waals surface area contributed by atoms with Crippen molar-refractivity contribution in [2.24, 2.45) is 5.92 Å². The van der Waals surface area contributed by atoms with Crippen LogP contribution in [0, 0.1) is 5.92 Å². The second kappa shape index (κ2) is 9.02. The average Bonchev–Trinajstić information content (AvgIpc) is 2.70. The minimum absolute atomic E-state index is 0.0466. The van der Waals surface area contributed by atoms with Crippen molar-refractivity contribution in [3.8, 4) is 0 Å². The molecular formula is C22H27ClN4O3. The van der Waals surface area contributed by atoms with Gasteiger partial charge in [0.2, 0.25) is 5.91 Å². The Kier molecular flexibility index (Phi) is 6.63. The predicted octanol–water partition coefficient (Wildman–Crippen LogP) is 3.39. The van der Waals surface area contributed by atoms with Crippen LogP contribution >= 0.6 is 11.6 Å². The van der Waals surface area contributed by atoms with Gasteiger partial charge in [0, 0.05) is 42.9 Å². The number of hydrogen-bond acceptors (Lipinski definition) is 5. The number of nitrogens with one attached hydrogen (secondary N) is 2. The summed E-state index contributed by atoms with van der Waals surface area (Å²) in [7, 11) is 0. The van der Waals surface area contributed by atoms with Crippen molar-refractivity contribution in [1.82, 2.24) is 10.3 Å². The predicted molar refractivity (Wildman–Crippen MR) is 118 cm³/mol. The highest BCUT2D eigenvalue weighted by Gasteiger charge is 2.38. The summed E-state index contributed by atoms with van der Waals surface area (Å²) in [4.78, 5) is 31.0. The minimum atomic E-state index is -0.633. The summed E-state index contributed by atoms with van der Waals surface area (Å²) in [6.45, 7) is 7.41. The Balaban J connectivity index is 2.02. The van der Waals surface area contributed by atoms with Crippen molar-refractivity contribution >= 4 is 34.9 Å². The largest absolute Gasteiger partial charge is 0.392 e. The zero-order valence-electron chi connectivity index (χ0n) is 17.5. The molecule has 3 unspecified atom stereocenters. The van der Waals surface area contributed by atoms with Crippen molar-refractivity contribution in [3.63, 3.8) is 0 Å². The third-order valence-electron chi connectivity index (χ3n) is 5.51. The number of fused-ring (bicyclic) bond motifs is 1. The summed E-state index contributed by atoms with van der Waals surface area (Å²) in [6, 6.07) is 8.66. The number of anilines is 2. The van der Waals surface area contributed by atoms with Crippen LogP contribution in [0.5, 0.6) is 0 Å².